The molecule has 0 saturated heterocycles. The molecule has 0 aliphatic heterocycles. The molecule has 0 aliphatic rings. The van der Waals surface area contributed by atoms with Crippen LogP contribution in [0.4, 0.5) is 0 Å². The lowest BCUT2D eigenvalue weighted by molar-refractivity contribution is 0.611. The van der Waals surface area contributed by atoms with Crippen molar-refractivity contribution in [2.45, 2.75) is 4.90 Å². The van der Waals surface area contributed by atoms with Crippen molar-refractivity contribution in [1.82, 2.24) is 0 Å². The van der Waals surface area contributed by atoms with Crippen molar-refractivity contribution >= 4 is 42.0 Å². The highest BCUT2D eigenvalue weighted by Crippen LogP contribution is 2.26. The molecule has 2 nitrogen and oxygen atoms in total. The predicted octanol–water partition coefficient (Wildman–Crippen LogP) is 2.61. The second-order valence-electron chi connectivity index (χ2n) is 1.98. The molecule has 66 valence electrons. The lowest BCUT2D eigenvalue weighted by Gasteiger charge is -1.98. The van der Waals surface area contributed by atoms with E-state index in [2.05, 4.69) is 11.7 Å². The second kappa shape index (κ2) is 3.91. The molecule has 0 fully saturated rings. The number of hydrogen-bond donors (Lipinski definition) is 1. The van der Waals surface area contributed by atoms with Gasteiger partial charge in [-0.2, -0.15) is 0 Å². The molecule has 0 unspecified atom stereocenters. The summed E-state index contributed by atoms with van der Waals surface area (Å²) in [6.45, 7) is 0. The van der Waals surface area contributed by atoms with Crippen LogP contribution in [0.1, 0.15) is 0 Å². The minimum absolute atomic E-state index is 0.215. The van der Waals surface area contributed by atoms with Crippen molar-refractivity contribution in [2.75, 3.05) is 0 Å². The highest BCUT2D eigenvalue weighted by molar-refractivity contribution is 9.02. The molecule has 1 aromatic carbocycles. The van der Waals surface area contributed by atoms with Crippen LogP contribution in [0, 0.1) is 0 Å². The van der Waals surface area contributed by atoms with Gasteiger partial charge < -0.3 is 0 Å². The third kappa shape index (κ3) is 2.32. The molecular formula is C6H5ClO2S3. The number of thiol groups is 1. The second-order valence-corrected chi connectivity index (χ2v) is 7.05. The van der Waals surface area contributed by atoms with E-state index in [4.69, 9.17) is 11.6 Å². The first kappa shape index (κ1) is 10.2. The average Bonchev–Trinajstić information content (AvgIpc) is 2.05. The van der Waals surface area contributed by atoms with Gasteiger partial charge in [-0.15, -0.1) is 0 Å². The molecule has 1 aromatic rings. The van der Waals surface area contributed by atoms with E-state index in [-0.39, 0.29) is 4.90 Å². The Balaban J connectivity index is 3.14. The van der Waals surface area contributed by atoms with E-state index in [0.29, 0.717) is 14.8 Å². The summed E-state index contributed by atoms with van der Waals surface area (Å²) in [4.78, 5) is 0.215. The number of benzene rings is 1. The molecule has 0 saturated carbocycles. The van der Waals surface area contributed by atoms with E-state index in [9.17, 15) is 8.42 Å². The number of hydrogen-bond acceptors (Lipinski definition) is 4. The molecule has 0 spiro atoms. The highest BCUT2D eigenvalue weighted by atomic mass is 35.5. The zero-order chi connectivity index (χ0) is 9.19. The van der Waals surface area contributed by atoms with Gasteiger partial charge in [0.1, 0.15) is 0 Å². The number of rotatable bonds is 2. The Labute approximate surface area is 84.4 Å². The van der Waals surface area contributed by atoms with E-state index in [1.54, 1.807) is 0 Å². The number of halogens is 1. The van der Waals surface area contributed by atoms with Gasteiger partial charge in [-0.05, 0) is 24.3 Å². The summed E-state index contributed by atoms with van der Waals surface area (Å²) < 4.78 is 22.3. The Bertz CT molecular complexity index is 357. The maximum Gasteiger partial charge on any atom is 0.239 e. The third-order valence-corrected chi connectivity index (χ3v) is 5.43. The Kier molecular flexibility index (Phi) is 3.34. The summed E-state index contributed by atoms with van der Waals surface area (Å²) in [5.41, 5.74) is 0. The molecule has 0 heterocycles. The van der Waals surface area contributed by atoms with Gasteiger partial charge in [0.05, 0.1) is 4.90 Å². The first-order valence-electron chi connectivity index (χ1n) is 2.90. The summed E-state index contributed by atoms with van der Waals surface area (Å²) in [5.74, 6) is 0. The van der Waals surface area contributed by atoms with E-state index in [1.807, 2.05) is 0 Å². The summed E-state index contributed by atoms with van der Waals surface area (Å²) in [7, 11) is -2.78. The minimum atomic E-state index is -3.29. The average molecular weight is 241 g/mol. The van der Waals surface area contributed by atoms with E-state index in [0.717, 1.165) is 0 Å². The molecule has 6 heteroatoms. The largest absolute Gasteiger partial charge is 0.239 e. The molecule has 12 heavy (non-hydrogen) atoms. The van der Waals surface area contributed by atoms with E-state index < -0.39 is 8.87 Å². The van der Waals surface area contributed by atoms with Crippen LogP contribution in [0.2, 0.25) is 5.02 Å². The third-order valence-electron chi connectivity index (χ3n) is 1.20. The van der Waals surface area contributed by atoms with Crippen molar-refractivity contribution in [3.8, 4) is 0 Å². The fourth-order valence-corrected chi connectivity index (χ4v) is 2.69. The Morgan fingerprint density at radius 2 is 1.75 bits per heavy atom. The minimum Gasteiger partial charge on any atom is -0.211 e. The first-order chi connectivity index (χ1) is 5.56. The standard InChI is InChI=1S/C6H5ClO2S3/c7-5-1-3-6(4-2-5)12(8,9)11-10/h1-4,10H. The van der Waals surface area contributed by atoms with Crippen LogP contribution >= 0.6 is 33.1 Å². The SMILES string of the molecule is O=S(=O)(SS)c1ccc(Cl)cc1. The lowest BCUT2D eigenvalue weighted by Crippen LogP contribution is -1.91. The molecule has 0 aliphatic carbocycles. The molecule has 0 bridgehead atoms. The fraction of sp³-hybridized carbons (Fsp3) is 0. The lowest BCUT2D eigenvalue weighted by atomic mass is 10.4. The van der Waals surface area contributed by atoms with Crippen LogP contribution < -0.4 is 0 Å². The van der Waals surface area contributed by atoms with Crippen LogP contribution in [0.25, 0.3) is 0 Å². The van der Waals surface area contributed by atoms with Crippen molar-refractivity contribution < 1.29 is 8.42 Å². The van der Waals surface area contributed by atoms with Gasteiger partial charge in [-0.3, -0.25) is 0 Å². The fourth-order valence-electron chi connectivity index (χ4n) is 0.644. The van der Waals surface area contributed by atoms with Crippen LogP contribution in [-0.2, 0) is 8.87 Å². The quantitative estimate of drug-likeness (QED) is 0.638. The monoisotopic (exact) mass is 240 g/mol. The molecule has 1 rings (SSSR count). The van der Waals surface area contributed by atoms with E-state index in [1.165, 1.54) is 24.3 Å². The van der Waals surface area contributed by atoms with E-state index >= 15 is 0 Å². The van der Waals surface area contributed by atoms with Gasteiger partial charge >= 0.3 is 0 Å². The molecule has 0 aromatic heterocycles. The van der Waals surface area contributed by atoms with Gasteiger partial charge in [0.2, 0.25) is 8.87 Å². The van der Waals surface area contributed by atoms with Crippen LogP contribution in [0.3, 0.4) is 0 Å². The first-order valence-corrected chi connectivity index (χ1v) is 7.14. The van der Waals surface area contributed by atoms with Crippen molar-refractivity contribution in [1.29, 1.82) is 0 Å². The van der Waals surface area contributed by atoms with Crippen molar-refractivity contribution in [3.05, 3.63) is 29.3 Å². The predicted molar refractivity (Wildman–Crippen MR) is 55.2 cm³/mol. The summed E-state index contributed by atoms with van der Waals surface area (Å²) >= 11 is 9.22. The van der Waals surface area contributed by atoms with Gasteiger partial charge in [0, 0.05) is 14.8 Å². The van der Waals surface area contributed by atoms with Crippen LogP contribution in [0.5, 0.6) is 0 Å². The zero-order valence-electron chi connectivity index (χ0n) is 5.77. The summed E-state index contributed by atoms with van der Waals surface area (Å²) in [5, 5.41) is 0.512. The molecule has 0 amide bonds. The smallest absolute Gasteiger partial charge is 0.211 e. The van der Waals surface area contributed by atoms with Crippen molar-refractivity contribution in [3.63, 3.8) is 0 Å². The molecule has 0 N–H and O–H groups in total. The van der Waals surface area contributed by atoms with Gasteiger partial charge in [0.25, 0.3) is 0 Å². The van der Waals surface area contributed by atoms with Gasteiger partial charge in [0.15, 0.2) is 0 Å². The molecule has 0 radical (unpaired) electrons. The normalized spacial score (nSPS) is 11.5. The molecular weight excluding hydrogens is 236 g/mol. The van der Waals surface area contributed by atoms with Crippen LogP contribution in [-0.4, -0.2) is 8.42 Å². The maximum absolute atomic E-state index is 11.2. The highest BCUT2D eigenvalue weighted by Gasteiger charge is 2.11. The van der Waals surface area contributed by atoms with Crippen molar-refractivity contribution in [2.24, 2.45) is 0 Å². The van der Waals surface area contributed by atoms with Gasteiger partial charge in [-0.25, -0.2) is 8.42 Å². The maximum atomic E-state index is 11.2. The Morgan fingerprint density at radius 1 is 1.25 bits per heavy atom. The zero-order valence-corrected chi connectivity index (χ0v) is 9.05. The topological polar surface area (TPSA) is 34.1 Å². The summed E-state index contributed by atoms with van der Waals surface area (Å²) in [6.07, 6.45) is 0. The molecule has 0 atom stereocenters. The van der Waals surface area contributed by atoms with Crippen LogP contribution in [0.15, 0.2) is 29.2 Å². The Hall–Kier alpha value is 0.160. The summed E-state index contributed by atoms with van der Waals surface area (Å²) in [6, 6.07) is 5.94. The van der Waals surface area contributed by atoms with Gasteiger partial charge in [-0.1, -0.05) is 23.3 Å². The Morgan fingerprint density at radius 3 is 2.17 bits per heavy atom.